The predicted molar refractivity (Wildman–Crippen MR) is 70.9 cm³/mol. The lowest BCUT2D eigenvalue weighted by atomic mass is 10.0. The van der Waals surface area contributed by atoms with Crippen molar-refractivity contribution in [2.24, 2.45) is 0 Å². The number of aliphatic carboxylic acids is 1. The summed E-state index contributed by atoms with van der Waals surface area (Å²) < 4.78 is 0. The average molecular weight is 262 g/mol. The fraction of sp³-hybridized carbons (Fsp3) is 0.429. The monoisotopic (exact) mass is 262 g/mol. The zero-order valence-corrected chi connectivity index (χ0v) is 11.3. The van der Waals surface area contributed by atoms with E-state index in [2.05, 4.69) is 5.32 Å². The number of nitrogens with one attached hydrogen (secondary N) is 1. The minimum atomic E-state index is -1.21. The minimum absolute atomic E-state index is 0.161. The summed E-state index contributed by atoms with van der Waals surface area (Å²) in [5, 5.41) is 12.0. The summed E-state index contributed by atoms with van der Waals surface area (Å²) in [7, 11) is 0. The molecule has 1 aromatic rings. The van der Waals surface area contributed by atoms with Crippen LogP contribution in [0.3, 0.4) is 0 Å². The van der Waals surface area contributed by atoms with E-state index in [1.807, 2.05) is 31.2 Å². The van der Waals surface area contributed by atoms with E-state index in [4.69, 9.17) is 0 Å². The van der Waals surface area contributed by atoms with E-state index in [1.54, 1.807) is 0 Å². The molecule has 0 aromatic heterocycles. The van der Waals surface area contributed by atoms with Crippen LogP contribution in [0, 0.1) is 6.92 Å². The number of hydrogen-bond donors (Lipinski definition) is 2. The van der Waals surface area contributed by atoms with Crippen LogP contribution in [0.2, 0.25) is 0 Å². The summed E-state index contributed by atoms with van der Waals surface area (Å²) >= 11 is 0. The van der Waals surface area contributed by atoms with Crippen molar-refractivity contribution in [1.29, 1.82) is 0 Å². The second-order valence-corrected chi connectivity index (χ2v) is 5.39. The van der Waals surface area contributed by atoms with Crippen LogP contribution in [0.15, 0.2) is 24.3 Å². The van der Waals surface area contributed by atoms with E-state index >= 15 is 0 Å². The first-order valence-corrected chi connectivity index (χ1v) is 6.20. The summed E-state index contributed by atoms with van der Waals surface area (Å²) in [6.07, 6.45) is 0. The Kier molecular flexibility index (Phi) is 3.22. The normalized spacial score (nSPS) is 19.4. The van der Waals surface area contributed by atoms with Gasteiger partial charge in [-0.3, -0.25) is 0 Å². The van der Waals surface area contributed by atoms with Gasteiger partial charge in [0.2, 0.25) is 0 Å². The lowest BCUT2D eigenvalue weighted by Gasteiger charge is -2.30. The molecule has 2 amide bonds. The molecule has 1 fully saturated rings. The molecule has 5 nitrogen and oxygen atoms in total. The number of rotatable bonds is 3. The molecule has 0 spiro atoms. The Morgan fingerprint density at radius 2 is 2.16 bits per heavy atom. The fourth-order valence-corrected chi connectivity index (χ4v) is 2.21. The molecule has 1 aromatic carbocycles. The summed E-state index contributed by atoms with van der Waals surface area (Å²) in [5.41, 5.74) is 0.905. The third kappa shape index (κ3) is 2.41. The Bertz CT molecular complexity index is 525. The molecular formula is C14H18N2O3. The Balaban J connectivity index is 2.23. The number of carboxylic acid groups (broad SMARTS) is 1. The molecule has 0 bridgehead atoms. The van der Waals surface area contributed by atoms with Crippen molar-refractivity contribution in [1.82, 2.24) is 10.2 Å². The van der Waals surface area contributed by atoms with Gasteiger partial charge in [0.25, 0.3) is 0 Å². The van der Waals surface area contributed by atoms with Crippen LogP contribution >= 0.6 is 0 Å². The molecule has 2 rings (SSSR count). The van der Waals surface area contributed by atoms with Gasteiger partial charge in [-0.05, 0) is 26.3 Å². The van der Waals surface area contributed by atoms with E-state index in [9.17, 15) is 14.7 Å². The number of urea groups is 1. The molecule has 1 aliphatic rings. The Labute approximate surface area is 112 Å². The quantitative estimate of drug-likeness (QED) is 0.874. The Morgan fingerprint density at radius 1 is 1.47 bits per heavy atom. The molecule has 1 heterocycles. The maximum Gasteiger partial charge on any atom is 0.329 e. The van der Waals surface area contributed by atoms with Crippen molar-refractivity contribution >= 4 is 12.0 Å². The van der Waals surface area contributed by atoms with Gasteiger partial charge in [0.1, 0.15) is 5.54 Å². The molecule has 1 unspecified atom stereocenters. The largest absolute Gasteiger partial charge is 0.480 e. The second kappa shape index (κ2) is 4.57. The first-order chi connectivity index (χ1) is 8.82. The van der Waals surface area contributed by atoms with E-state index in [1.165, 1.54) is 18.7 Å². The molecule has 19 heavy (non-hydrogen) atoms. The number of carbonyl (C=O) groups is 2. The van der Waals surface area contributed by atoms with E-state index in [0.717, 1.165) is 11.1 Å². The molecule has 102 valence electrons. The lowest BCUT2D eigenvalue weighted by molar-refractivity contribution is -0.147. The standard InChI is InChI=1S/C14H18N2O3/c1-9-5-4-6-10(7-9)11-8-16(13(19)15-11)14(2,3)12(17)18/h4-7,11H,8H2,1-3H3,(H,15,19)(H,17,18). The van der Waals surface area contributed by atoms with Crippen LogP contribution in [0.1, 0.15) is 31.0 Å². The van der Waals surface area contributed by atoms with Gasteiger partial charge in [0.15, 0.2) is 0 Å². The van der Waals surface area contributed by atoms with Gasteiger partial charge in [-0.2, -0.15) is 0 Å². The van der Waals surface area contributed by atoms with Crippen molar-refractivity contribution in [3.63, 3.8) is 0 Å². The highest BCUT2D eigenvalue weighted by molar-refractivity contribution is 5.87. The van der Waals surface area contributed by atoms with Crippen LogP contribution in [-0.2, 0) is 4.79 Å². The summed E-state index contributed by atoms with van der Waals surface area (Å²) in [6.45, 7) is 5.42. The lowest BCUT2D eigenvalue weighted by Crippen LogP contribution is -2.51. The number of amides is 2. The first-order valence-electron chi connectivity index (χ1n) is 6.20. The molecule has 0 saturated carbocycles. The SMILES string of the molecule is Cc1cccc(C2CN(C(C)(C)C(=O)O)C(=O)N2)c1. The zero-order valence-electron chi connectivity index (χ0n) is 11.3. The number of carboxylic acids is 1. The number of carbonyl (C=O) groups excluding carboxylic acids is 1. The Morgan fingerprint density at radius 3 is 2.74 bits per heavy atom. The van der Waals surface area contributed by atoms with Crippen LogP contribution in [0.4, 0.5) is 4.79 Å². The van der Waals surface area contributed by atoms with Crippen molar-refractivity contribution < 1.29 is 14.7 Å². The van der Waals surface area contributed by atoms with Crippen molar-refractivity contribution in [2.45, 2.75) is 32.4 Å². The predicted octanol–water partition coefficient (Wildman–Crippen LogP) is 1.92. The van der Waals surface area contributed by atoms with E-state index in [0.29, 0.717) is 6.54 Å². The van der Waals surface area contributed by atoms with Gasteiger partial charge in [-0.1, -0.05) is 29.8 Å². The van der Waals surface area contributed by atoms with Crippen LogP contribution < -0.4 is 5.32 Å². The molecule has 0 aliphatic carbocycles. The third-order valence-corrected chi connectivity index (χ3v) is 3.55. The molecule has 5 heteroatoms. The number of hydrogen-bond acceptors (Lipinski definition) is 2. The highest BCUT2D eigenvalue weighted by Crippen LogP contribution is 2.27. The van der Waals surface area contributed by atoms with E-state index in [-0.39, 0.29) is 12.1 Å². The van der Waals surface area contributed by atoms with Crippen LogP contribution in [-0.4, -0.2) is 34.1 Å². The van der Waals surface area contributed by atoms with Crippen molar-refractivity contribution in [3.05, 3.63) is 35.4 Å². The van der Waals surface area contributed by atoms with E-state index < -0.39 is 11.5 Å². The molecular weight excluding hydrogens is 244 g/mol. The smallest absolute Gasteiger partial charge is 0.329 e. The molecule has 1 atom stereocenters. The third-order valence-electron chi connectivity index (χ3n) is 3.55. The van der Waals surface area contributed by atoms with Gasteiger partial charge >= 0.3 is 12.0 Å². The number of aryl methyl sites for hydroxylation is 1. The highest BCUT2D eigenvalue weighted by Gasteiger charge is 2.43. The van der Waals surface area contributed by atoms with Gasteiger partial charge in [0.05, 0.1) is 6.04 Å². The number of nitrogens with zero attached hydrogens (tertiary/aromatic N) is 1. The van der Waals surface area contributed by atoms with Gasteiger partial charge < -0.3 is 15.3 Å². The van der Waals surface area contributed by atoms with Gasteiger partial charge in [0, 0.05) is 6.54 Å². The molecule has 2 N–H and O–H groups in total. The average Bonchev–Trinajstić information content (AvgIpc) is 2.72. The van der Waals surface area contributed by atoms with Crippen molar-refractivity contribution in [3.8, 4) is 0 Å². The zero-order chi connectivity index (χ0) is 14.2. The fourth-order valence-electron chi connectivity index (χ4n) is 2.21. The van der Waals surface area contributed by atoms with Crippen LogP contribution in [0.5, 0.6) is 0 Å². The summed E-state index contributed by atoms with van der Waals surface area (Å²) in [4.78, 5) is 24.5. The molecule has 1 aliphatic heterocycles. The summed E-state index contributed by atoms with van der Waals surface area (Å²) in [5.74, 6) is -1.01. The second-order valence-electron chi connectivity index (χ2n) is 5.39. The maximum atomic E-state index is 11.9. The number of benzene rings is 1. The van der Waals surface area contributed by atoms with Gasteiger partial charge in [-0.15, -0.1) is 0 Å². The molecule has 0 radical (unpaired) electrons. The molecule has 1 saturated heterocycles. The Hall–Kier alpha value is -2.04. The van der Waals surface area contributed by atoms with Crippen LogP contribution in [0.25, 0.3) is 0 Å². The van der Waals surface area contributed by atoms with Crippen molar-refractivity contribution in [2.75, 3.05) is 6.54 Å². The maximum absolute atomic E-state index is 11.9. The topological polar surface area (TPSA) is 69.6 Å². The summed E-state index contributed by atoms with van der Waals surface area (Å²) in [6, 6.07) is 7.36. The highest BCUT2D eigenvalue weighted by atomic mass is 16.4. The van der Waals surface area contributed by atoms with Gasteiger partial charge in [-0.25, -0.2) is 9.59 Å². The first kappa shape index (κ1) is 13.4. The minimum Gasteiger partial charge on any atom is -0.480 e.